The Labute approximate surface area is 173 Å². The maximum Gasteiger partial charge on any atom is 0.498 e. The fraction of sp³-hybridized carbons (Fsp3) is 0.750. The molecule has 8 nitrogen and oxygen atoms in total. The molecule has 0 unspecified atom stereocenters. The van der Waals surface area contributed by atoms with Gasteiger partial charge in [-0.3, -0.25) is 0 Å². The Hall–Kier alpha value is -1.87. The van der Waals surface area contributed by atoms with Gasteiger partial charge in [-0.2, -0.15) is 0 Å². The zero-order valence-electron chi connectivity index (χ0n) is 18.6. The Morgan fingerprint density at radius 3 is 2.14 bits per heavy atom. The van der Waals surface area contributed by atoms with Gasteiger partial charge in [0.25, 0.3) is 0 Å². The second kappa shape index (κ2) is 7.76. The van der Waals surface area contributed by atoms with Crippen LogP contribution in [0.3, 0.4) is 0 Å². The van der Waals surface area contributed by atoms with E-state index in [2.05, 4.69) is 15.3 Å². The zero-order valence-corrected chi connectivity index (χ0v) is 18.6. The van der Waals surface area contributed by atoms with Gasteiger partial charge in [-0.25, -0.2) is 14.8 Å². The lowest BCUT2D eigenvalue weighted by molar-refractivity contribution is 0.00578. The minimum atomic E-state index is -0.473. The summed E-state index contributed by atoms with van der Waals surface area (Å²) in [5.74, 6) is 0.570. The summed E-state index contributed by atoms with van der Waals surface area (Å²) < 4.78 is 17.5. The smallest absolute Gasteiger partial charge is 0.444 e. The number of nitrogens with one attached hydrogen (secondary N) is 1. The van der Waals surface area contributed by atoms with Gasteiger partial charge in [-0.1, -0.05) is 0 Å². The number of rotatable bonds is 3. The molecule has 1 aromatic heterocycles. The fourth-order valence-electron chi connectivity index (χ4n) is 3.23. The van der Waals surface area contributed by atoms with Crippen LogP contribution in [0.1, 0.15) is 61.3 Å². The van der Waals surface area contributed by atoms with E-state index >= 15 is 0 Å². The van der Waals surface area contributed by atoms with Gasteiger partial charge in [0.1, 0.15) is 5.60 Å². The van der Waals surface area contributed by atoms with E-state index < -0.39 is 23.9 Å². The highest BCUT2D eigenvalue weighted by Gasteiger charge is 2.52. The Bertz CT molecular complexity index is 709. The van der Waals surface area contributed by atoms with Crippen molar-refractivity contribution >= 4 is 24.6 Å². The molecule has 2 aliphatic heterocycles. The number of ether oxygens (including phenoxy) is 1. The standard InChI is InChI=1S/C20H33BN4O4/c1-18(2,3)27-17(26)25-10-8-15(9-11-25)24-16-22-12-14(13-23-16)21-28-19(4,5)20(6,7)29-21/h12-13,15H,8-11H2,1-7H3,(H,22,23,24). The Kier molecular flexibility index (Phi) is 5.84. The maximum absolute atomic E-state index is 12.2. The van der Waals surface area contributed by atoms with Crippen molar-refractivity contribution in [3.05, 3.63) is 12.4 Å². The van der Waals surface area contributed by atoms with E-state index in [4.69, 9.17) is 14.0 Å². The minimum Gasteiger partial charge on any atom is -0.444 e. The number of hydrogen-bond acceptors (Lipinski definition) is 7. The van der Waals surface area contributed by atoms with Gasteiger partial charge in [-0.15, -0.1) is 0 Å². The average molecular weight is 404 g/mol. The van der Waals surface area contributed by atoms with Gasteiger partial charge in [0.2, 0.25) is 5.95 Å². The molecule has 29 heavy (non-hydrogen) atoms. The van der Waals surface area contributed by atoms with Crippen molar-refractivity contribution in [3.63, 3.8) is 0 Å². The number of carbonyl (C=O) groups is 1. The maximum atomic E-state index is 12.2. The minimum absolute atomic E-state index is 0.219. The third kappa shape index (κ3) is 5.19. The van der Waals surface area contributed by atoms with Crippen molar-refractivity contribution in [2.75, 3.05) is 18.4 Å². The fourth-order valence-corrected chi connectivity index (χ4v) is 3.23. The third-order valence-electron chi connectivity index (χ3n) is 5.68. The van der Waals surface area contributed by atoms with Crippen molar-refractivity contribution in [1.82, 2.24) is 14.9 Å². The molecule has 2 fully saturated rings. The predicted octanol–water partition coefficient (Wildman–Crippen LogP) is 2.59. The van der Waals surface area contributed by atoms with Crippen LogP contribution >= 0.6 is 0 Å². The molecule has 160 valence electrons. The van der Waals surface area contributed by atoms with Crippen molar-refractivity contribution < 1.29 is 18.8 Å². The number of likely N-dealkylation sites (tertiary alicyclic amines) is 1. The van der Waals surface area contributed by atoms with Crippen LogP contribution in [0.4, 0.5) is 10.7 Å². The SMILES string of the molecule is CC(C)(C)OC(=O)N1CCC(Nc2ncc(B3OC(C)(C)C(C)(C)O3)cn2)CC1. The van der Waals surface area contributed by atoms with Crippen molar-refractivity contribution in [2.24, 2.45) is 0 Å². The quantitative estimate of drug-likeness (QED) is 0.775. The van der Waals surface area contributed by atoms with E-state index in [1.54, 1.807) is 17.3 Å². The number of anilines is 1. The molecule has 0 radical (unpaired) electrons. The first-order valence-corrected chi connectivity index (χ1v) is 10.3. The summed E-state index contributed by atoms with van der Waals surface area (Å²) in [6.07, 6.45) is 4.88. The number of carbonyl (C=O) groups excluding carboxylic acids is 1. The molecule has 0 aromatic carbocycles. The predicted molar refractivity (Wildman–Crippen MR) is 112 cm³/mol. The molecular weight excluding hydrogens is 371 g/mol. The molecular formula is C20H33BN4O4. The molecule has 9 heteroatoms. The number of nitrogens with zero attached hydrogens (tertiary/aromatic N) is 3. The first-order valence-electron chi connectivity index (χ1n) is 10.3. The molecule has 1 N–H and O–H groups in total. The summed E-state index contributed by atoms with van der Waals surface area (Å²) >= 11 is 0. The van der Waals surface area contributed by atoms with Crippen LogP contribution in [0.15, 0.2) is 12.4 Å². The number of hydrogen-bond donors (Lipinski definition) is 1. The largest absolute Gasteiger partial charge is 0.498 e. The van der Waals surface area contributed by atoms with Crippen molar-refractivity contribution in [2.45, 2.75) is 84.2 Å². The molecule has 3 heterocycles. The molecule has 2 aliphatic rings. The molecule has 0 aliphatic carbocycles. The summed E-state index contributed by atoms with van der Waals surface area (Å²) in [6, 6.07) is 0.219. The first-order chi connectivity index (χ1) is 13.4. The summed E-state index contributed by atoms with van der Waals surface area (Å²) in [5, 5.41) is 3.36. The number of amides is 1. The van der Waals surface area contributed by atoms with Gasteiger partial charge in [0, 0.05) is 37.0 Å². The van der Waals surface area contributed by atoms with Crippen molar-refractivity contribution in [1.29, 1.82) is 0 Å². The summed E-state index contributed by atoms with van der Waals surface area (Å²) in [4.78, 5) is 22.8. The Morgan fingerprint density at radius 1 is 1.14 bits per heavy atom. The van der Waals surface area contributed by atoms with Gasteiger partial charge in [-0.05, 0) is 61.3 Å². The highest BCUT2D eigenvalue weighted by atomic mass is 16.7. The second-order valence-corrected chi connectivity index (χ2v) is 9.81. The first kappa shape index (κ1) is 21.8. The molecule has 3 rings (SSSR count). The van der Waals surface area contributed by atoms with Crippen LogP contribution in [0.5, 0.6) is 0 Å². The molecule has 0 bridgehead atoms. The Morgan fingerprint density at radius 2 is 1.66 bits per heavy atom. The van der Waals surface area contributed by atoms with Crippen LogP contribution in [-0.2, 0) is 14.0 Å². The summed E-state index contributed by atoms with van der Waals surface area (Å²) in [6.45, 7) is 15.0. The molecule has 0 saturated carbocycles. The van der Waals surface area contributed by atoms with Crippen LogP contribution in [0, 0.1) is 0 Å². The second-order valence-electron chi connectivity index (χ2n) is 9.81. The topological polar surface area (TPSA) is 85.8 Å². The van der Waals surface area contributed by atoms with Gasteiger partial charge in [0.15, 0.2) is 0 Å². The third-order valence-corrected chi connectivity index (χ3v) is 5.68. The molecule has 0 spiro atoms. The molecule has 2 saturated heterocycles. The Balaban J connectivity index is 1.51. The lowest BCUT2D eigenvalue weighted by atomic mass is 9.81. The monoisotopic (exact) mass is 404 g/mol. The normalized spacial score (nSPS) is 21.9. The highest BCUT2D eigenvalue weighted by molar-refractivity contribution is 6.61. The van der Waals surface area contributed by atoms with Crippen molar-refractivity contribution in [3.8, 4) is 0 Å². The van der Waals surface area contributed by atoms with Crippen LogP contribution in [-0.4, -0.2) is 64.0 Å². The van der Waals surface area contributed by atoms with Gasteiger partial charge in [0.05, 0.1) is 11.2 Å². The van der Waals surface area contributed by atoms with Gasteiger partial charge >= 0.3 is 13.2 Å². The molecule has 1 amide bonds. The van der Waals surface area contributed by atoms with Crippen LogP contribution in [0.2, 0.25) is 0 Å². The van der Waals surface area contributed by atoms with Crippen LogP contribution in [0.25, 0.3) is 0 Å². The highest BCUT2D eigenvalue weighted by Crippen LogP contribution is 2.36. The summed E-state index contributed by atoms with van der Waals surface area (Å²) in [7, 11) is -0.467. The van der Waals surface area contributed by atoms with E-state index in [0.717, 1.165) is 18.3 Å². The van der Waals surface area contributed by atoms with E-state index in [1.165, 1.54) is 0 Å². The molecule has 1 aromatic rings. The zero-order chi connectivity index (χ0) is 21.4. The lowest BCUT2D eigenvalue weighted by Crippen LogP contribution is -2.44. The van der Waals surface area contributed by atoms with E-state index in [0.29, 0.717) is 19.0 Å². The van der Waals surface area contributed by atoms with E-state index in [1.807, 2.05) is 48.5 Å². The number of piperidine rings is 1. The van der Waals surface area contributed by atoms with E-state index in [9.17, 15) is 4.79 Å². The van der Waals surface area contributed by atoms with Crippen LogP contribution < -0.4 is 10.8 Å². The number of aromatic nitrogens is 2. The molecule has 0 atom stereocenters. The average Bonchev–Trinajstić information content (AvgIpc) is 2.82. The summed E-state index contributed by atoms with van der Waals surface area (Å²) in [5.41, 5.74) is -0.458. The lowest BCUT2D eigenvalue weighted by Gasteiger charge is -2.33. The van der Waals surface area contributed by atoms with E-state index in [-0.39, 0.29) is 12.1 Å². The van der Waals surface area contributed by atoms with Gasteiger partial charge < -0.3 is 24.3 Å².